The molecule has 2 aromatic rings. The highest BCUT2D eigenvalue weighted by Crippen LogP contribution is 2.34. The molecule has 1 amide bonds. The van der Waals surface area contributed by atoms with Crippen LogP contribution in [0.4, 0.5) is 18.9 Å². The molecule has 2 N–H and O–H groups in total. The molecule has 0 saturated heterocycles. The van der Waals surface area contributed by atoms with Crippen molar-refractivity contribution >= 4 is 21.6 Å². The fourth-order valence-corrected chi connectivity index (χ4v) is 3.34. The molecule has 0 bridgehead atoms. The largest absolute Gasteiger partial charge is 0.418 e. The maximum absolute atomic E-state index is 13.0. The second-order valence-electron chi connectivity index (χ2n) is 5.42. The molecule has 0 unspecified atom stereocenters. The third-order valence-electron chi connectivity index (χ3n) is 3.43. The van der Waals surface area contributed by atoms with E-state index in [1.54, 1.807) is 6.92 Å². The average Bonchev–Trinajstić information content (AvgIpc) is 2.59. The second kappa shape index (κ2) is 7.88. The highest BCUT2D eigenvalue weighted by molar-refractivity contribution is 7.89. The molecular weight excluding hydrogens is 369 g/mol. The number of hydrogen-bond acceptors (Lipinski definition) is 3. The van der Waals surface area contributed by atoms with Crippen LogP contribution in [0, 0.1) is 0 Å². The van der Waals surface area contributed by atoms with Gasteiger partial charge in [-0.05, 0) is 36.8 Å². The molecule has 0 aliphatic rings. The number of benzene rings is 2. The Balaban J connectivity index is 2.29. The number of carbonyl (C=O) groups is 1. The van der Waals surface area contributed by atoms with Gasteiger partial charge < -0.3 is 5.32 Å². The highest BCUT2D eigenvalue weighted by Gasteiger charge is 2.33. The lowest BCUT2D eigenvalue weighted by molar-refractivity contribution is -0.136. The van der Waals surface area contributed by atoms with E-state index in [0.717, 1.165) is 18.2 Å². The van der Waals surface area contributed by atoms with Crippen molar-refractivity contribution in [3.8, 4) is 0 Å². The first-order valence-electron chi connectivity index (χ1n) is 7.72. The van der Waals surface area contributed by atoms with Crippen LogP contribution in [0.5, 0.6) is 0 Å². The van der Waals surface area contributed by atoms with E-state index < -0.39 is 33.4 Å². The number of sulfonamides is 1. The van der Waals surface area contributed by atoms with E-state index in [1.165, 1.54) is 30.3 Å². The maximum Gasteiger partial charge on any atom is 0.418 e. The summed E-state index contributed by atoms with van der Waals surface area (Å²) in [4.78, 5) is 12.2. The van der Waals surface area contributed by atoms with Crippen molar-refractivity contribution in [2.45, 2.75) is 24.4 Å². The molecular formula is C17H17F3N2O3S. The molecule has 2 aromatic carbocycles. The van der Waals surface area contributed by atoms with Crippen molar-refractivity contribution in [3.63, 3.8) is 0 Å². The Morgan fingerprint density at radius 3 is 2.42 bits per heavy atom. The number of carbonyl (C=O) groups excluding carboxylic acids is 1. The monoisotopic (exact) mass is 386 g/mol. The van der Waals surface area contributed by atoms with Gasteiger partial charge >= 0.3 is 6.18 Å². The van der Waals surface area contributed by atoms with E-state index >= 15 is 0 Å². The van der Waals surface area contributed by atoms with Crippen molar-refractivity contribution in [1.29, 1.82) is 0 Å². The van der Waals surface area contributed by atoms with Gasteiger partial charge in [0.2, 0.25) is 10.0 Å². The number of para-hydroxylation sites is 1. The molecule has 2 rings (SSSR count). The molecule has 140 valence electrons. The van der Waals surface area contributed by atoms with Crippen LogP contribution in [0.2, 0.25) is 0 Å². The highest BCUT2D eigenvalue weighted by atomic mass is 32.2. The molecule has 26 heavy (non-hydrogen) atoms. The van der Waals surface area contributed by atoms with Crippen LogP contribution < -0.4 is 10.0 Å². The van der Waals surface area contributed by atoms with Crippen LogP contribution in [0.15, 0.2) is 53.4 Å². The Hall–Kier alpha value is -2.39. The first-order chi connectivity index (χ1) is 12.1. The summed E-state index contributed by atoms with van der Waals surface area (Å²) in [5.74, 6) is -0.839. The molecule has 0 aromatic heterocycles. The van der Waals surface area contributed by atoms with E-state index in [4.69, 9.17) is 0 Å². The van der Waals surface area contributed by atoms with Crippen molar-refractivity contribution in [1.82, 2.24) is 4.72 Å². The topological polar surface area (TPSA) is 75.3 Å². The zero-order valence-electron chi connectivity index (χ0n) is 13.8. The van der Waals surface area contributed by atoms with Crippen LogP contribution in [-0.4, -0.2) is 20.9 Å². The average molecular weight is 386 g/mol. The lowest BCUT2D eigenvalue weighted by Crippen LogP contribution is -2.25. The number of anilines is 1. The molecule has 0 aliphatic carbocycles. The standard InChI is InChI=1S/C17H17F3N2O3S/c1-2-10-21-26(24,25)13-7-5-6-12(11-13)16(23)22-15-9-4-3-8-14(15)17(18,19)20/h3-9,11,21H,2,10H2,1H3,(H,22,23). The molecule has 0 fully saturated rings. The zero-order chi connectivity index (χ0) is 19.4. The lowest BCUT2D eigenvalue weighted by atomic mass is 10.1. The first-order valence-corrected chi connectivity index (χ1v) is 9.21. The van der Waals surface area contributed by atoms with Gasteiger partial charge in [0.25, 0.3) is 5.91 Å². The van der Waals surface area contributed by atoms with E-state index in [-0.39, 0.29) is 17.0 Å². The van der Waals surface area contributed by atoms with Crippen LogP contribution >= 0.6 is 0 Å². The SMILES string of the molecule is CCCNS(=O)(=O)c1cccc(C(=O)Nc2ccccc2C(F)(F)F)c1. The summed E-state index contributed by atoms with van der Waals surface area (Å²) in [7, 11) is -3.79. The van der Waals surface area contributed by atoms with Crippen molar-refractivity contribution < 1.29 is 26.4 Å². The van der Waals surface area contributed by atoms with E-state index in [1.807, 2.05) is 0 Å². The molecule has 0 aliphatic heterocycles. The fourth-order valence-electron chi connectivity index (χ4n) is 2.16. The van der Waals surface area contributed by atoms with Crippen molar-refractivity contribution in [2.24, 2.45) is 0 Å². The molecule has 0 atom stereocenters. The maximum atomic E-state index is 13.0. The van der Waals surface area contributed by atoms with Gasteiger partial charge in [0.1, 0.15) is 0 Å². The normalized spacial score (nSPS) is 12.0. The summed E-state index contributed by atoms with van der Waals surface area (Å²) in [5.41, 5.74) is -1.45. The number of halogens is 3. The van der Waals surface area contributed by atoms with Gasteiger partial charge in [-0.3, -0.25) is 4.79 Å². The molecule has 0 spiro atoms. The van der Waals surface area contributed by atoms with Crippen molar-refractivity contribution in [2.75, 3.05) is 11.9 Å². The lowest BCUT2D eigenvalue weighted by Gasteiger charge is -2.14. The van der Waals surface area contributed by atoms with Crippen LogP contribution in [0.1, 0.15) is 29.3 Å². The van der Waals surface area contributed by atoms with Gasteiger partial charge in [-0.15, -0.1) is 0 Å². The van der Waals surface area contributed by atoms with Crippen LogP contribution in [0.3, 0.4) is 0 Å². The van der Waals surface area contributed by atoms with E-state index in [9.17, 15) is 26.4 Å². The number of rotatable bonds is 6. The van der Waals surface area contributed by atoms with Gasteiger partial charge in [-0.2, -0.15) is 13.2 Å². The van der Waals surface area contributed by atoms with Gasteiger partial charge in [-0.25, -0.2) is 13.1 Å². The van der Waals surface area contributed by atoms with E-state index in [2.05, 4.69) is 10.0 Å². The fraction of sp³-hybridized carbons (Fsp3) is 0.235. The third kappa shape index (κ3) is 4.83. The minimum absolute atomic E-state index is 0.0682. The quantitative estimate of drug-likeness (QED) is 0.796. The number of hydrogen-bond donors (Lipinski definition) is 2. The Morgan fingerprint density at radius 1 is 1.08 bits per heavy atom. The van der Waals surface area contributed by atoms with Gasteiger partial charge in [0.15, 0.2) is 0 Å². The molecule has 0 heterocycles. The molecule has 5 nitrogen and oxygen atoms in total. The van der Waals surface area contributed by atoms with E-state index in [0.29, 0.717) is 6.42 Å². The smallest absolute Gasteiger partial charge is 0.321 e. The first kappa shape index (κ1) is 19.9. The van der Waals surface area contributed by atoms with Crippen LogP contribution in [-0.2, 0) is 16.2 Å². The summed E-state index contributed by atoms with van der Waals surface area (Å²) >= 11 is 0. The van der Waals surface area contributed by atoms with Crippen LogP contribution in [0.25, 0.3) is 0 Å². The third-order valence-corrected chi connectivity index (χ3v) is 4.89. The Morgan fingerprint density at radius 2 is 1.77 bits per heavy atom. The minimum Gasteiger partial charge on any atom is -0.321 e. The summed E-state index contributed by atoms with van der Waals surface area (Å²) in [6.45, 7) is 2.03. The summed E-state index contributed by atoms with van der Waals surface area (Å²) in [6.07, 6.45) is -4.03. The number of amides is 1. The minimum atomic E-state index is -4.63. The Kier molecular flexibility index (Phi) is 6.04. The number of alkyl halides is 3. The summed E-state index contributed by atoms with van der Waals surface area (Å²) < 4.78 is 65.6. The predicted octanol–water partition coefficient (Wildman–Crippen LogP) is 3.65. The van der Waals surface area contributed by atoms with Gasteiger partial charge in [0.05, 0.1) is 16.1 Å². The molecule has 0 radical (unpaired) electrons. The van der Waals surface area contributed by atoms with Gasteiger partial charge in [0, 0.05) is 12.1 Å². The summed E-state index contributed by atoms with van der Waals surface area (Å²) in [5, 5.41) is 2.18. The number of nitrogens with one attached hydrogen (secondary N) is 2. The Labute approximate surface area is 149 Å². The Bertz CT molecular complexity index is 896. The summed E-state index contributed by atoms with van der Waals surface area (Å²) in [6, 6.07) is 9.65. The van der Waals surface area contributed by atoms with Crippen molar-refractivity contribution in [3.05, 3.63) is 59.7 Å². The van der Waals surface area contributed by atoms with Gasteiger partial charge in [-0.1, -0.05) is 25.1 Å². The molecule has 9 heteroatoms. The zero-order valence-corrected chi connectivity index (χ0v) is 14.6. The molecule has 0 saturated carbocycles. The predicted molar refractivity (Wildman–Crippen MR) is 91.3 cm³/mol. The second-order valence-corrected chi connectivity index (χ2v) is 7.19.